The smallest absolute Gasteiger partial charge is 0.335 e. The normalized spacial score (nSPS) is 15.3. The number of rotatable bonds is 5. The molecular weight excluding hydrogens is 356 g/mol. The summed E-state index contributed by atoms with van der Waals surface area (Å²) in [5.41, 5.74) is 1.37. The number of hydrogen-bond acceptors (Lipinski definition) is 5. The topological polar surface area (TPSA) is 137 Å². The van der Waals surface area contributed by atoms with E-state index in [0.717, 1.165) is 5.56 Å². The molecule has 0 unspecified atom stereocenters. The first-order chi connectivity index (χ1) is 12.8. The number of aromatic carboxylic acids is 1. The number of carboxylic acids is 2. The van der Waals surface area contributed by atoms with Crippen LogP contribution in [0, 0.1) is 6.92 Å². The highest BCUT2D eigenvalue weighted by atomic mass is 16.4. The van der Waals surface area contributed by atoms with Crippen molar-refractivity contribution in [2.45, 2.75) is 6.92 Å². The van der Waals surface area contributed by atoms with E-state index in [1.807, 2.05) is 0 Å². The molecular formula is C18H14N2O7. The Bertz CT molecular complexity index is 1000. The number of aliphatic carboxylic acids is 1. The molecule has 138 valence electrons. The highest BCUT2D eigenvalue weighted by molar-refractivity contribution is 6.15. The Balaban J connectivity index is 1.89. The SMILES string of the molecule is Cc1ccc(C(=O)O)cc1-c1ccc(/C=C2/NC(=O)N(CC(=O)O)C2=O)o1. The van der Waals surface area contributed by atoms with Crippen LogP contribution in [-0.2, 0) is 9.59 Å². The minimum absolute atomic E-state index is 0.106. The molecule has 9 nitrogen and oxygen atoms in total. The van der Waals surface area contributed by atoms with Gasteiger partial charge in [0, 0.05) is 11.6 Å². The summed E-state index contributed by atoms with van der Waals surface area (Å²) in [6.45, 7) is 1.05. The predicted molar refractivity (Wildman–Crippen MR) is 91.7 cm³/mol. The Kier molecular flexibility index (Phi) is 4.51. The molecule has 3 N–H and O–H groups in total. The average molecular weight is 370 g/mol. The third-order valence-corrected chi connectivity index (χ3v) is 3.92. The maximum Gasteiger partial charge on any atom is 0.335 e. The van der Waals surface area contributed by atoms with Gasteiger partial charge in [0.2, 0.25) is 0 Å². The number of aryl methyl sites for hydroxylation is 1. The summed E-state index contributed by atoms with van der Waals surface area (Å²) >= 11 is 0. The van der Waals surface area contributed by atoms with Crippen LogP contribution in [0.2, 0.25) is 0 Å². The Labute approximate surface area is 152 Å². The first-order valence-corrected chi connectivity index (χ1v) is 7.77. The summed E-state index contributed by atoms with van der Waals surface area (Å²) in [5.74, 6) is -2.52. The van der Waals surface area contributed by atoms with E-state index in [-0.39, 0.29) is 17.0 Å². The molecule has 2 aromatic rings. The first kappa shape index (κ1) is 17.9. The molecule has 1 aliphatic heterocycles. The lowest BCUT2D eigenvalue weighted by atomic mass is 10.0. The maximum absolute atomic E-state index is 12.1. The molecule has 0 radical (unpaired) electrons. The number of imide groups is 1. The second-order valence-electron chi connectivity index (χ2n) is 5.81. The molecule has 2 heterocycles. The number of carboxylic acid groups (broad SMARTS) is 2. The van der Waals surface area contributed by atoms with Crippen LogP contribution in [0.25, 0.3) is 17.4 Å². The average Bonchev–Trinajstić information content (AvgIpc) is 3.15. The van der Waals surface area contributed by atoms with Gasteiger partial charge in [0.15, 0.2) is 0 Å². The molecule has 1 aromatic heterocycles. The number of carbonyl (C=O) groups is 4. The summed E-state index contributed by atoms with van der Waals surface area (Å²) in [6, 6.07) is 6.95. The second-order valence-corrected chi connectivity index (χ2v) is 5.81. The van der Waals surface area contributed by atoms with Crippen molar-refractivity contribution >= 4 is 30.0 Å². The third kappa shape index (κ3) is 3.56. The molecule has 1 aromatic carbocycles. The van der Waals surface area contributed by atoms with Crippen molar-refractivity contribution in [3.05, 3.63) is 52.9 Å². The van der Waals surface area contributed by atoms with Crippen LogP contribution in [0.5, 0.6) is 0 Å². The quantitative estimate of drug-likeness (QED) is 0.540. The van der Waals surface area contributed by atoms with Gasteiger partial charge in [-0.25, -0.2) is 14.5 Å². The summed E-state index contributed by atoms with van der Waals surface area (Å²) < 4.78 is 5.64. The van der Waals surface area contributed by atoms with Gasteiger partial charge in [-0.3, -0.25) is 9.59 Å². The molecule has 3 rings (SSSR count). The predicted octanol–water partition coefficient (Wildman–Crippen LogP) is 1.93. The van der Waals surface area contributed by atoms with Gasteiger partial charge in [0.25, 0.3) is 5.91 Å². The van der Waals surface area contributed by atoms with Gasteiger partial charge in [-0.15, -0.1) is 0 Å². The lowest BCUT2D eigenvalue weighted by Gasteiger charge is -2.06. The Morgan fingerprint density at radius 3 is 2.59 bits per heavy atom. The molecule has 9 heteroatoms. The van der Waals surface area contributed by atoms with E-state index < -0.39 is 30.4 Å². The number of amides is 3. The molecule has 0 aliphatic carbocycles. The molecule has 1 fully saturated rings. The zero-order valence-corrected chi connectivity index (χ0v) is 14.1. The molecule has 0 bridgehead atoms. The fourth-order valence-corrected chi connectivity index (χ4v) is 2.59. The summed E-state index contributed by atoms with van der Waals surface area (Å²) in [6.07, 6.45) is 1.28. The van der Waals surface area contributed by atoms with E-state index in [2.05, 4.69) is 5.32 Å². The van der Waals surface area contributed by atoms with E-state index >= 15 is 0 Å². The van der Waals surface area contributed by atoms with Crippen molar-refractivity contribution in [2.24, 2.45) is 0 Å². The monoisotopic (exact) mass is 370 g/mol. The number of benzene rings is 1. The lowest BCUT2D eigenvalue weighted by Crippen LogP contribution is -2.35. The van der Waals surface area contributed by atoms with Gasteiger partial charge in [-0.05, 0) is 36.8 Å². The number of nitrogens with one attached hydrogen (secondary N) is 1. The summed E-state index contributed by atoms with van der Waals surface area (Å²) in [7, 11) is 0. The first-order valence-electron chi connectivity index (χ1n) is 7.77. The Hall–Kier alpha value is -3.88. The van der Waals surface area contributed by atoms with Gasteiger partial charge in [-0.1, -0.05) is 6.07 Å². The van der Waals surface area contributed by atoms with Gasteiger partial charge in [-0.2, -0.15) is 0 Å². The fourth-order valence-electron chi connectivity index (χ4n) is 2.59. The van der Waals surface area contributed by atoms with E-state index in [1.165, 1.54) is 18.2 Å². The molecule has 0 atom stereocenters. The van der Waals surface area contributed by atoms with Crippen LogP contribution in [0.1, 0.15) is 21.7 Å². The van der Waals surface area contributed by atoms with Crippen LogP contribution in [0.3, 0.4) is 0 Å². The molecule has 3 amide bonds. The number of hydrogen-bond donors (Lipinski definition) is 3. The molecule has 1 saturated heterocycles. The van der Waals surface area contributed by atoms with Crippen molar-refractivity contribution in [3.63, 3.8) is 0 Å². The summed E-state index contributed by atoms with van der Waals surface area (Å²) in [4.78, 5) is 46.2. The van der Waals surface area contributed by atoms with Crippen molar-refractivity contribution in [1.82, 2.24) is 10.2 Å². The van der Waals surface area contributed by atoms with E-state index in [4.69, 9.17) is 14.6 Å². The van der Waals surface area contributed by atoms with Crippen LogP contribution in [-0.4, -0.2) is 45.5 Å². The Morgan fingerprint density at radius 1 is 1.19 bits per heavy atom. The number of urea groups is 1. The highest BCUT2D eigenvalue weighted by Gasteiger charge is 2.35. The summed E-state index contributed by atoms with van der Waals surface area (Å²) in [5, 5.41) is 20.2. The van der Waals surface area contributed by atoms with Gasteiger partial charge < -0.3 is 19.9 Å². The van der Waals surface area contributed by atoms with Crippen LogP contribution < -0.4 is 5.32 Å². The molecule has 0 saturated carbocycles. The van der Waals surface area contributed by atoms with Crippen LogP contribution in [0.4, 0.5) is 4.79 Å². The fraction of sp³-hybridized carbons (Fsp3) is 0.111. The van der Waals surface area contributed by atoms with E-state index in [9.17, 15) is 19.2 Å². The van der Waals surface area contributed by atoms with Crippen molar-refractivity contribution in [3.8, 4) is 11.3 Å². The van der Waals surface area contributed by atoms with Crippen molar-refractivity contribution in [2.75, 3.05) is 6.54 Å². The molecule has 27 heavy (non-hydrogen) atoms. The zero-order valence-electron chi connectivity index (χ0n) is 14.1. The number of carbonyl (C=O) groups excluding carboxylic acids is 2. The zero-order chi connectivity index (χ0) is 19.7. The number of furan rings is 1. The van der Waals surface area contributed by atoms with E-state index in [0.29, 0.717) is 16.2 Å². The molecule has 0 spiro atoms. The second kappa shape index (κ2) is 6.79. The molecule has 1 aliphatic rings. The van der Waals surface area contributed by atoms with Crippen molar-refractivity contribution < 1.29 is 33.8 Å². The van der Waals surface area contributed by atoms with E-state index in [1.54, 1.807) is 25.1 Å². The van der Waals surface area contributed by atoms with Gasteiger partial charge >= 0.3 is 18.0 Å². The maximum atomic E-state index is 12.1. The minimum atomic E-state index is -1.31. The minimum Gasteiger partial charge on any atom is -0.480 e. The van der Waals surface area contributed by atoms with Crippen molar-refractivity contribution in [1.29, 1.82) is 0 Å². The third-order valence-electron chi connectivity index (χ3n) is 3.92. The van der Waals surface area contributed by atoms with Gasteiger partial charge in [0.05, 0.1) is 5.56 Å². The Morgan fingerprint density at radius 2 is 1.93 bits per heavy atom. The standard InChI is InChI=1S/C18H14N2O7/c1-9-2-3-10(17(24)25)6-12(9)14-5-4-11(27-14)7-13-16(23)20(8-15(21)22)18(26)19-13/h2-7H,8H2,1H3,(H,19,26)(H,21,22)(H,24,25)/b13-7+. The van der Waals surface area contributed by atoms with Crippen LogP contribution >= 0.6 is 0 Å². The van der Waals surface area contributed by atoms with Crippen LogP contribution in [0.15, 0.2) is 40.4 Å². The number of nitrogens with zero attached hydrogens (tertiary/aromatic N) is 1. The highest BCUT2D eigenvalue weighted by Crippen LogP contribution is 2.28. The van der Waals surface area contributed by atoms with Gasteiger partial charge in [0.1, 0.15) is 23.8 Å². The lowest BCUT2D eigenvalue weighted by molar-refractivity contribution is -0.140. The largest absolute Gasteiger partial charge is 0.480 e.